The molecule has 7 aromatic rings. The number of aliphatic imine (C=N–C) groups is 4. The van der Waals surface area contributed by atoms with Crippen molar-refractivity contribution in [2.75, 3.05) is 0 Å². The van der Waals surface area contributed by atoms with Gasteiger partial charge in [-0.3, -0.25) is 0 Å². The monoisotopic (exact) mass is 730 g/mol. The summed E-state index contributed by atoms with van der Waals surface area (Å²) in [6, 6.07) is 37.9. The summed E-state index contributed by atoms with van der Waals surface area (Å²) >= 11 is -4.08. The minimum absolute atomic E-state index is 0.428. The average molecular weight is 731 g/mol. The molecule has 11 rings (SSSR count). The number of carbonyl (C=O) groups is 1. The fraction of sp³-hybridized carbons (Fsp3) is 0.0488. The fourth-order valence-corrected chi connectivity index (χ4v) is 12.8. The molecule has 4 aliphatic heterocycles. The van der Waals surface area contributed by atoms with E-state index in [2.05, 4.69) is 6.55 Å². The van der Waals surface area contributed by atoms with E-state index in [0.717, 1.165) is 54.9 Å². The molecule has 0 amide bonds. The Labute approximate surface area is 302 Å². The Bertz CT molecular complexity index is 2870. The van der Waals surface area contributed by atoms with Gasteiger partial charge >= 0.3 is 303 Å². The topological polar surface area (TPSA) is 110 Å². The summed E-state index contributed by atoms with van der Waals surface area (Å²) < 4.78 is 11.1. The summed E-state index contributed by atoms with van der Waals surface area (Å²) in [5.74, 6) is 2.93. The molecule has 0 saturated carbocycles. The Morgan fingerprint density at radius 2 is 0.904 bits per heavy atom. The number of fused-ring (bicyclic) bond motifs is 14. The molecule has 11 heteroatoms. The molecule has 0 aliphatic carbocycles. The molecule has 0 radical (unpaired) electrons. The Balaban J connectivity index is 1.37. The van der Waals surface area contributed by atoms with Gasteiger partial charge in [0.2, 0.25) is 0 Å². The molecule has 244 valence electrons. The van der Waals surface area contributed by atoms with Crippen LogP contribution < -0.4 is 11.0 Å². The first-order chi connectivity index (χ1) is 25.5. The van der Waals surface area contributed by atoms with Crippen LogP contribution in [0, 0.1) is 13.8 Å². The number of carbonyl (C=O) groups excluding carboxylic acids is 1. The van der Waals surface area contributed by atoms with Crippen molar-refractivity contribution >= 4 is 79.6 Å². The third-order valence-corrected chi connectivity index (χ3v) is 14.7. The van der Waals surface area contributed by atoms with Crippen LogP contribution in [-0.2, 0) is 3.53 Å². The van der Waals surface area contributed by atoms with Gasteiger partial charge in [-0.1, -0.05) is 0 Å². The van der Waals surface area contributed by atoms with Gasteiger partial charge in [-0.15, -0.1) is 0 Å². The molecule has 0 N–H and O–H groups in total. The van der Waals surface area contributed by atoms with Crippen molar-refractivity contribution in [3.8, 4) is 0 Å². The quantitative estimate of drug-likeness (QED) is 0.192. The SMILES string of the molecule is Cc1cc(C)cc(C(=O)[O][Ga]2[n]3c4c5ccccc5c3N=C3N=C(N=c5c6ccccc6c([n]52)=NC2=NC(=N4)c4ccccc42)c2ccccc23)c1. The molecular weight excluding hydrogens is 706 g/mol. The van der Waals surface area contributed by atoms with Gasteiger partial charge in [-0.05, 0) is 0 Å². The van der Waals surface area contributed by atoms with Crippen LogP contribution in [0.1, 0.15) is 43.7 Å². The molecule has 2 aromatic heterocycles. The Kier molecular flexibility index (Phi) is 6.08. The molecule has 5 aromatic carbocycles. The number of nitrogens with zero attached hydrogens (tertiary/aromatic N) is 8. The summed E-state index contributed by atoms with van der Waals surface area (Å²) in [6.45, 7) is 3.97. The molecular formula is C41H25GaN8O2. The number of hydrogen-bond donors (Lipinski definition) is 0. The summed E-state index contributed by atoms with van der Waals surface area (Å²) in [5, 5.41) is 3.44. The standard InChI is InChI=1S/C32H16N8.C9H10O2.Ga/c1-2-10-18-17(9-1)25-33-26(18)38-28-21-13-5-6-14-22(21)30(35-28)40-32-24-16-8-7-15-23(24)31(36-32)39-29-20-12-4-3-11-19(20)27(34-29)37-25;1-6-3-7(2)5-8(4-6)9(10)11;/h1-16H;3-5H,1-2H3,(H,10,11);/q-2;;+3/p-1. The van der Waals surface area contributed by atoms with Crippen molar-refractivity contribution < 1.29 is 8.32 Å². The number of hydrogen-bond acceptors (Lipinski definition) is 8. The number of aromatic nitrogens is 2. The summed E-state index contributed by atoms with van der Waals surface area (Å²) in [6.07, 6.45) is 0. The minimum atomic E-state index is -4.08. The van der Waals surface area contributed by atoms with Gasteiger partial charge in [-0.25, -0.2) is 0 Å². The van der Waals surface area contributed by atoms with Crippen LogP contribution in [-0.4, -0.2) is 52.9 Å². The second-order valence-corrected chi connectivity index (χ2v) is 17.3. The van der Waals surface area contributed by atoms with Crippen molar-refractivity contribution in [2.45, 2.75) is 13.8 Å². The second kappa shape index (κ2) is 10.8. The van der Waals surface area contributed by atoms with Crippen LogP contribution in [0.2, 0.25) is 0 Å². The maximum atomic E-state index is 14.6. The van der Waals surface area contributed by atoms with Crippen molar-refractivity contribution in [1.29, 1.82) is 0 Å². The second-order valence-electron chi connectivity index (χ2n) is 13.3. The van der Waals surface area contributed by atoms with Crippen molar-refractivity contribution in [3.05, 3.63) is 165 Å². The molecule has 52 heavy (non-hydrogen) atoms. The fourth-order valence-electron chi connectivity index (χ4n) is 7.75. The maximum absolute atomic E-state index is 14.6. The van der Waals surface area contributed by atoms with Gasteiger partial charge in [0.1, 0.15) is 0 Å². The van der Waals surface area contributed by atoms with E-state index >= 15 is 0 Å². The van der Waals surface area contributed by atoms with E-state index in [4.69, 9.17) is 33.5 Å². The average Bonchev–Trinajstić information content (AvgIpc) is 3.87. The number of aryl methyl sites for hydroxylation is 2. The molecule has 0 saturated heterocycles. The van der Waals surface area contributed by atoms with Crippen LogP contribution in [0.25, 0.3) is 21.5 Å². The molecule has 6 bridgehead atoms. The molecule has 10 nitrogen and oxygen atoms in total. The number of rotatable bonds is 2. The Morgan fingerprint density at radius 1 is 0.500 bits per heavy atom. The van der Waals surface area contributed by atoms with E-state index in [1.54, 1.807) is 0 Å². The van der Waals surface area contributed by atoms with E-state index in [9.17, 15) is 4.79 Å². The Morgan fingerprint density at radius 3 is 1.37 bits per heavy atom. The first-order valence-corrected chi connectivity index (χ1v) is 20.2. The number of benzene rings is 5. The zero-order chi connectivity index (χ0) is 34.7. The van der Waals surface area contributed by atoms with Gasteiger partial charge in [0.15, 0.2) is 0 Å². The summed E-state index contributed by atoms with van der Waals surface area (Å²) in [5.41, 5.74) is 7.14. The first kappa shape index (κ1) is 29.3. The van der Waals surface area contributed by atoms with E-state index in [0.29, 0.717) is 51.5 Å². The zero-order valence-electron chi connectivity index (χ0n) is 27.9. The molecule has 4 aliphatic rings. The zero-order valence-corrected chi connectivity index (χ0v) is 30.4. The predicted octanol–water partition coefficient (Wildman–Crippen LogP) is 6.39. The van der Waals surface area contributed by atoms with Crippen LogP contribution in [0.4, 0.5) is 11.6 Å². The third-order valence-electron chi connectivity index (χ3n) is 9.93. The normalized spacial score (nSPS) is 14.8. The van der Waals surface area contributed by atoms with Gasteiger partial charge in [0, 0.05) is 0 Å². The molecule has 0 spiro atoms. The predicted molar refractivity (Wildman–Crippen MR) is 202 cm³/mol. The molecule has 6 heterocycles. The van der Waals surface area contributed by atoms with Crippen molar-refractivity contribution in [3.63, 3.8) is 0 Å². The van der Waals surface area contributed by atoms with Crippen LogP contribution in [0.3, 0.4) is 0 Å². The molecule has 0 unspecified atom stereocenters. The van der Waals surface area contributed by atoms with E-state index in [1.165, 1.54) is 0 Å². The van der Waals surface area contributed by atoms with Crippen molar-refractivity contribution in [2.24, 2.45) is 30.0 Å². The third kappa shape index (κ3) is 4.17. The van der Waals surface area contributed by atoms with Gasteiger partial charge < -0.3 is 0 Å². The van der Waals surface area contributed by atoms with Crippen molar-refractivity contribution in [1.82, 2.24) is 6.55 Å². The van der Waals surface area contributed by atoms with E-state index in [1.807, 2.05) is 129 Å². The van der Waals surface area contributed by atoms with Gasteiger partial charge in [-0.2, -0.15) is 0 Å². The Hall–Kier alpha value is -6.43. The van der Waals surface area contributed by atoms with Crippen LogP contribution in [0.15, 0.2) is 145 Å². The van der Waals surface area contributed by atoms with Gasteiger partial charge in [0.05, 0.1) is 0 Å². The molecule has 0 fully saturated rings. The summed E-state index contributed by atoms with van der Waals surface area (Å²) in [4.78, 5) is 46.0. The van der Waals surface area contributed by atoms with Crippen LogP contribution >= 0.6 is 0 Å². The summed E-state index contributed by atoms with van der Waals surface area (Å²) in [7, 11) is 0. The van der Waals surface area contributed by atoms with Crippen LogP contribution in [0.5, 0.6) is 0 Å². The first-order valence-electron chi connectivity index (χ1n) is 17.0. The van der Waals surface area contributed by atoms with E-state index in [-0.39, 0.29) is 0 Å². The number of amidine groups is 4. The molecule has 0 atom stereocenters. The van der Waals surface area contributed by atoms with E-state index < -0.39 is 23.0 Å². The van der Waals surface area contributed by atoms with Gasteiger partial charge in [0.25, 0.3) is 0 Å².